The van der Waals surface area contributed by atoms with Gasteiger partial charge in [0, 0.05) is 6.04 Å². The molecule has 4 fully saturated rings. The maximum Gasteiger partial charge on any atom is 0.0731 e. The molecule has 7 atom stereocenters. The summed E-state index contributed by atoms with van der Waals surface area (Å²) in [5.74, 6) is 1.94. The fourth-order valence-corrected chi connectivity index (χ4v) is 7.33. The molecule has 3 nitrogen and oxygen atoms in total. The van der Waals surface area contributed by atoms with Crippen molar-refractivity contribution >= 4 is 0 Å². The van der Waals surface area contributed by atoms with Gasteiger partial charge in [-0.15, -0.1) is 0 Å². The average molecular weight is 307 g/mol. The number of aliphatic hydroxyl groups is 1. The van der Waals surface area contributed by atoms with Crippen LogP contribution in [-0.2, 0) is 0 Å². The largest absolute Gasteiger partial charge is 0.389 e. The second-order valence-electron chi connectivity index (χ2n) is 9.47. The zero-order valence-corrected chi connectivity index (χ0v) is 14.3. The molecule has 0 heterocycles. The summed E-state index contributed by atoms with van der Waals surface area (Å²) >= 11 is 0. The van der Waals surface area contributed by atoms with Crippen LogP contribution >= 0.6 is 0 Å². The molecule has 0 aromatic heterocycles. The van der Waals surface area contributed by atoms with E-state index in [1.807, 2.05) is 0 Å². The minimum atomic E-state index is -0.393. The van der Waals surface area contributed by atoms with Crippen molar-refractivity contribution < 1.29 is 10.3 Å². The second kappa shape index (κ2) is 4.94. The first-order valence-electron chi connectivity index (χ1n) is 9.55. The van der Waals surface area contributed by atoms with Gasteiger partial charge in [0.2, 0.25) is 0 Å². The Balaban J connectivity index is 1.64. The molecule has 2 unspecified atom stereocenters. The summed E-state index contributed by atoms with van der Waals surface area (Å²) in [7, 11) is 0. The third-order valence-electron chi connectivity index (χ3n) is 8.83. The number of fused-ring (bicyclic) bond motifs is 5. The van der Waals surface area contributed by atoms with Gasteiger partial charge in [-0.1, -0.05) is 13.8 Å². The zero-order chi connectivity index (χ0) is 15.6. The van der Waals surface area contributed by atoms with Crippen molar-refractivity contribution in [1.82, 2.24) is 5.48 Å². The van der Waals surface area contributed by atoms with Crippen molar-refractivity contribution in [1.29, 1.82) is 0 Å². The first kappa shape index (κ1) is 15.4. The number of nitrogens with one attached hydrogen (secondary N) is 1. The van der Waals surface area contributed by atoms with E-state index < -0.39 is 5.60 Å². The summed E-state index contributed by atoms with van der Waals surface area (Å²) in [4.78, 5) is 0. The smallest absolute Gasteiger partial charge is 0.0731 e. The zero-order valence-electron chi connectivity index (χ0n) is 14.3. The molecule has 4 aliphatic carbocycles. The molecule has 4 aliphatic rings. The van der Waals surface area contributed by atoms with E-state index in [2.05, 4.69) is 19.3 Å². The molecule has 0 amide bonds. The molecule has 4 rings (SSSR count). The highest BCUT2D eigenvalue weighted by atomic mass is 16.5. The first-order chi connectivity index (χ1) is 10.4. The maximum absolute atomic E-state index is 11.6. The highest BCUT2D eigenvalue weighted by Crippen LogP contribution is 2.67. The molecule has 0 bridgehead atoms. The third kappa shape index (κ3) is 1.85. The molecule has 126 valence electrons. The van der Waals surface area contributed by atoms with Crippen LogP contribution in [0.15, 0.2) is 0 Å². The lowest BCUT2D eigenvalue weighted by Gasteiger charge is -2.63. The van der Waals surface area contributed by atoms with Crippen molar-refractivity contribution in [3.63, 3.8) is 0 Å². The van der Waals surface area contributed by atoms with Crippen LogP contribution in [0, 0.1) is 28.6 Å². The van der Waals surface area contributed by atoms with E-state index in [0.29, 0.717) is 17.3 Å². The van der Waals surface area contributed by atoms with Crippen LogP contribution in [0.3, 0.4) is 0 Å². The topological polar surface area (TPSA) is 52.5 Å². The summed E-state index contributed by atoms with van der Waals surface area (Å²) in [5, 5.41) is 20.9. The van der Waals surface area contributed by atoms with E-state index in [1.54, 1.807) is 0 Å². The molecule has 0 aliphatic heterocycles. The van der Waals surface area contributed by atoms with Crippen LogP contribution in [0.25, 0.3) is 0 Å². The van der Waals surface area contributed by atoms with E-state index in [9.17, 15) is 10.3 Å². The fourth-order valence-electron chi connectivity index (χ4n) is 7.33. The highest BCUT2D eigenvalue weighted by molar-refractivity contribution is 5.14. The quantitative estimate of drug-likeness (QED) is 0.644. The van der Waals surface area contributed by atoms with Gasteiger partial charge in [0.25, 0.3) is 0 Å². The molecule has 0 radical (unpaired) electrons. The van der Waals surface area contributed by atoms with Gasteiger partial charge in [-0.2, -0.15) is 0 Å². The van der Waals surface area contributed by atoms with Crippen LogP contribution in [0.2, 0.25) is 0 Å². The number of hydrogen-bond donors (Lipinski definition) is 3. The SMILES string of the molecule is C[C@@]12CCC[C@]1(O)[C@@H]1CCC3CC(NO)CC[C@]3(C)[C@H]1CC2. The molecule has 0 spiro atoms. The van der Waals surface area contributed by atoms with Crippen LogP contribution in [-0.4, -0.2) is 22.0 Å². The standard InChI is InChI=1S/C19H33NO2/c1-17-8-3-9-19(17,21)16-5-4-13-12-14(20-22)6-11-18(13,2)15(16)7-10-17/h13-16,20-22H,3-12H2,1-2H3/t13?,14?,15-,16+,17-,18-,19-/m0/s1. The minimum absolute atomic E-state index is 0.182. The molecular formula is C19H33NO2. The lowest BCUT2D eigenvalue weighted by molar-refractivity contribution is -0.200. The Labute approximate surface area is 134 Å². The number of rotatable bonds is 1. The van der Waals surface area contributed by atoms with Crippen LogP contribution in [0.5, 0.6) is 0 Å². The van der Waals surface area contributed by atoms with Crippen molar-refractivity contribution in [2.45, 2.75) is 89.7 Å². The van der Waals surface area contributed by atoms with Gasteiger partial charge in [0.15, 0.2) is 0 Å². The van der Waals surface area contributed by atoms with E-state index in [4.69, 9.17) is 0 Å². The lowest BCUT2D eigenvalue weighted by atomic mass is 9.44. The second-order valence-corrected chi connectivity index (χ2v) is 9.47. The van der Waals surface area contributed by atoms with Gasteiger partial charge in [0.1, 0.15) is 0 Å². The molecule has 0 aromatic rings. The summed E-state index contributed by atoms with van der Waals surface area (Å²) in [6.07, 6.45) is 11.9. The number of hydrogen-bond acceptors (Lipinski definition) is 3. The van der Waals surface area contributed by atoms with Crippen molar-refractivity contribution in [2.24, 2.45) is 28.6 Å². The van der Waals surface area contributed by atoms with E-state index in [0.717, 1.165) is 25.2 Å². The van der Waals surface area contributed by atoms with Gasteiger partial charge in [-0.3, -0.25) is 0 Å². The molecule has 0 saturated heterocycles. The van der Waals surface area contributed by atoms with E-state index >= 15 is 0 Å². The molecule has 4 saturated carbocycles. The van der Waals surface area contributed by atoms with E-state index in [1.165, 1.54) is 44.9 Å². The predicted molar refractivity (Wildman–Crippen MR) is 86.5 cm³/mol. The average Bonchev–Trinajstić information content (AvgIpc) is 2.82. The molecular weight excluding hydrogens is 274 g/mol. The van der Waals surface area contributed by atoms with Crippen LogP contribution < -0.4 is 5.48 Å². The summed E-state index contributed by atoms with van der Waals surface area (Å²) < 4.78 is 0. The van der Waals surface area contributed by atoms with Crippen LogP contribution in [0.4, 0.5) is 0 Å². The third-order valence-corrected chi connectivity index (χ3v) is 8.83. The number of hydroxylamine groups is 1. The Bertz CT molecular complexity index is 455. The summed E-state index contributed by atoms with van der Waals surface area (Å²) in [6.45, 7) is 4.86. The normalized spacial score (nSPS) is 57.8. The van der Waals surface area contributed by atoms with Gasteiger partial charge in [0.05, 0.1) is 5.60 Å². The van der Waals surface area contributed by atoms with Crippen LogP contribution in [0.1, 0.15) is 78.1 Å². The minimum Gasteiger partial charge on any atom is -0.389 e. The Morgan fingerprint density at radius 2 is 1.73 bits per heavy atom. The Kier molecular flexibility index (Phi) is 3.46. The van der Waals surface area contributed by atoms with E-state index in [-0.39, 0.29) is 11.5 Å². The Morgan fingerprint density at radius 3 is 2.50 bits per heavy atom. The summed E-state index contributed by atoms with van der Waals surface area (Å²) in [5.41, 5.74) is 2.70. The first-order valence-corrected chi connectivity index (χ1v) is 9.55. The van der Waals surface area contributed by atoms with Gasteiger partial charge >= 0.3 is 0 Å². The van der Waals surface area contributed by atoms with Gasteiger partial charge in [-0.05, 0) is 92.8 Å². The molecule has 0 aromatic carbocycles. The molecule has 3 N–H and O–H groups in total. The molecule has 22 heavy (non-hydrogen) atoms. The lowest BCUT2D eigenvalue weighted by Crippen LogP contribution is -2.61. The predicted octanol–water partition coefficient (Wildman–Crippen LogP) is 3.88. The maximum atomic E-state index is 11.6. The summed E-state index contributed by atoms with van der Waals surface area (Å²) in [6, 6.07) is 0.290. The van der Waals surface area contributed by atoms with Gasteiger partial charge in [-0.25, -0.2) is 5.48 Å². The highest BCUT2D eigenvalue weighted by Gasteiger charge is 2.64. The Hall–Kier alpha value is -0.120. The van der Waals surface area contributed by atoms with Crippen molar-refractivity contribution in [2.75, 3.05) is 0 Å². The van der Waals surface area contributed by atoms with Gasteiger partial charge < -0.3 is 10.3 Å². The van der Waals surface area contributed by atoms with Crippen molar-refractivity contribution in [3.8, 4) is 0 Å². The monoisotopic (exact) mass is 307 g/mol. The Morgan fingerprint density at radius 1 is 0.909 bits per heavy atom. The fraction of sp³-hybridized carbons (Fsp3) is 1.00. The van der Waals surface area contributed by atoms with Crippen molar-refractivity contribution in [3.05, 3.63) is 0 Å². The molecule has 3 heteroatoms.